The summed E-state index contributed by atoms with van der Waals surface area (Å²) in [5.41, 5.74) is 24.7. The Balaban J connectivity index is 1.27. The van der Waals surface area contributed by atoms with Crippen molar-refractivity contribution >= 4 is 71.1 Å². The van der Waals surface area contributed by atoms with Gasteiger partial charge < -0.3 is 19.4 Å². The molecule has 0 atom stereocenters. The minimum Gasteiger partial charge on any atom is -0.395 e. The van der Waals surface area contributed by atoms with Crippen LogP contribution in [0.2, 0.25) is 0 Å². The highest BCUT2D eigenvalue weighted by Crippen LogP contribution is 2.50. The zero-order valence-corrected chi connectivity index (χ0v) is 39.2. The number of nitriles is 1. The van der Waals surface area contributed by atoms with Crippen LogP contribution in [0.25, 0.3) is 116 Å². The van der Waals surface area contributed by atoms with E-state index in [-0.39, 0.29) is 5.41 Å². The number of hydrogen-bond acceptors (Lipinski definition) is 2. The van der Waals surface area contributed by atoms with Crippen LogP contribution in [0.15, 0.2) is 218 Å². The van der Waals surface area contributed by atoms with Crippen molar-refractivity contribution in [2.45, 2.75) is 26.2 Å². The van der Waals surface area contributed by atoms with Gasteiger partial charge in [-0.3, -0.25) is 0 Å². The lowest BCUT2D eigenvalue weighted by atomic mass is 9.85. The number of hydrogen-bond donors (Lipinski definition) is 1. The highest BCUT2D eigenvalue weighted by atomic mass is 15.1. The third-order valence-corrected chi connectivity index (χ3v) is 14.4. The van der Waals surface area contributed by atoms with Crippen LogP contribution in [0.3, 0.4) is 0 Å². The van der Waals surface area contributed by atoms with Crippen molar-refractivity contribution in [1.82, 2.24) is 13.7 Å². The fourth-order valence-electron chi connectivity index (χ4n) is 11.1. The average Bonchev–Trinajstić information content (AvgIpc) is 4.03. The monoisotopic (exact) mass is 897 g/mol. The summed E-state index contributed by atoms with van der Waals surface area (Å²) in [4.78, 5) is 0. The van der Waals surface area contributed by atoms with Crippen molar-refractivity contribution < 1.29 is 0 Å². The second-order valence-electron chi connectivity index (χ2n) is 19.4. The second kappa shape index (κ2) is 15.7. The number of nitrogens with two attached hydrogens (primary N) is 1. The lowest BCUT2D eigenvalue weighted by molar-refractivity contribution is 0.590. The molecule has 70 heavy (non-hydrogen) atoms. The maximum atomic E-state index is 12.2. The maximum absolute atomic E-state index is 12.2. The average molecular weight is 898 g/mol. The minimum absolute atomic E-state index is 0.0815. The number of fused-ring (bicyclic) bond motifs is 9. The molecule has 2 N–H and O–H groups in total. The van der Waals surface area contributed by atoms with E-state index in [2.05, 4.69) is 259 Å². The van der Waals surface area contributed by atoms with Gasteiger partial charge >= 0.3 is 0 Å². The molecule has 0 unspecified atom stereocenters. The number of nitrogens with zero attached hydrogens (tertiary/aromatic N) is 4. The molecular formula is C65H47N5. The predicted octanol–water partition coefficient (Wildman–Crippen LogP) is 16.7. The summed E-state index contributed by atoms with van der Waals surface area (Å²) in [6, 6.07) is 80.6. The Hall–Kier alpha value is -9.11. The molecule has 0 bridgehead atoms. The van der Waals surface area contributed by atoms with Gasteiger partial charge in [-0.25, -0.2) is 0 Å². The molecule has 0 amide bonds. The third-order valence-electron chi connectivity index (χ3n) is 14.4. The van der Waals surface area contributed by atoms with E-state index < -0.39 is 0 Å². The van der Waals surface area contributed by atoms with Crippen molar-refractivity contribution in [2.75, 3.05) is 5.73 Å². The summed E-state index contributed by atoms with van der Waals surface area (Å²) >= 11 is 0. The summed E-state index contributed by atoms with van der Waals surface area (Å²) in [5, 5.41) is 18.8. The van der Waals surface area contributed by atoms with Gasteiger partial charge in [0.1, 0.15) is 11.6 Å². The lowest BCUT2D eigenvalue weighted by Crippen LogP contribution is -2.15. The Morgan fingerprint density at radius 2 is 0.714 bits per heavy atom. The first-order chi connectivity index (χ1) is 34.3. The van der Waals surface area contributed by atoms with Gasteiger partial charge in [0.05, 0.1) is 55.8 Å². The van der Waals surface area contributed by atoms with Crippen LogP contribution in [0.4, 0.5) is 5.69 Å². The summed E-state index contributed by atoms with van der Waals surface area (Å²) in [7, 11) is 0. The summed E-state index contributed by atoms with van der Waals surface area (Å²) in [6.45, 7) is 6.73. The van der Waals surface area contributed by atoms with E-state index in [1.54, 1.807) is 0 Å². The number of aromatic nitrogens is 3. The number of nitrogen functional groups attached to an aromatic ring is 1. The van der Waals surface area contributed by atoms with Crippen LogP contribution in [0, 0.1) is 11.3 Å². The van der Waals surface area contributed by atoms with Gasteiger partial charge in [0.15, 0.2) is 0 Å². The Morgan fingerprint density at radius 1 is 0.357 bits per heavy atom. The Labute approximate surface area is 406 Å². The number of anilines is 1. The first-order valence-corrected chi connectivity index (χ1v) is 24.0. The van der Waals surface area contributed by atoms with Crippen LogP contribution < -0.4 is 5.73 Å². The SMILES string of the molecule is CC(C)(C)c1ccc(-c2c(-n3c4ccccc4c4ccccc43)c(N)c(-n3c4ccc(-c5ccccc5)cc4c4cc(-c5ccccc5)ccc43)c(C#N)c2-n2c3ccccc3c3ccccc32)cc1. The van der Waals surface area contributed by atoms with E-state index in [1.165, 1.54) is 5.56 Å². The molecule has 0 fully saturated rings. The van der Waals surface area contributed by atoms with Gasteiger partial charge in [0, 0.05) is 37.9 Å². The van der Waals surface area contributed by atoms with Crippen molar-refractivity contribution in [3.8, 4) is 56.5 Å². The van der Waals surface area contributed by atoms with E-state index in [0.717, 1.165) is 110 Å². The molecule has 332 valence electrons. The number of para-hydroxylation sites is 4. The van der Waals surface area contributed by atoms with E-state index in [4.69, 9.17) is 5.73 Å². The standard InChI is InChI=1S/C65H47N5/c1-65(2,3)46-34-30-43(31-35-46)60-62(68-54-26-14-10-22-47(54)48-23-11-15-27-55(48)68)53(40-66)63(61(67)64(60)70-56-28-16-12-24-49(56)50-25-13-17-29-57(50)70)69-58-36-32-44(41-18-6-4-7-19-41)38-51(58)52-39-45(33-37-59(52)69)42-20-8-5-9-21-42/h4-39H,67H2,1-3H3. The Bertz CT molecular complexity index is 4070. The summed E-state index contributed by atoms with van der Waals surface area (Å²) in [5.74, 6) is 0. The topological polar surface area (TPSA) is 64.6 Å². The molecule has 0 aliphatic rings. The first kappa shape index (κ1) is 41.1. The van der Waals surface area contributed by atoms with Crippen LogP contribution in [-0.4, -0.2) is 13.7 Å². The molecule has 0 aliphatic heterocycles. The smallest absolute Gasteiger partial charge is 0.104 e. The lowest BCUT2D eigenvalue weighted by Gasteiger charge is -2.27. The van der Waals surface area contributed by atoms with Crippen LogP contribution in [0.5, 0.6) is 0 Å². The maximum Gasteiger partial charge on any atom is 0.104 e. The van der Waals surface area contributed by atoms with E-state index in [0.29, 0.717) is 16.9 Å². The molecule has 0 aliphatic carbocycles. The second-order valence-corrected chi connectivity index (χ2v) is 19.4. The molecule has 0 spiro atoms. The Kier molecular flexibility index (Phi) is 9.24. The fourth-order valence-corrected chi connectivity index (χ4v) is 11.1. The molecule has 3 aromatic heterocycles. The quantitative estimate of drug-likeness (QED) is 0.169. The van der Waals surface area contributed by atoms with Crippen molar-refractivity contribution in [2.24, 2.45) is 0 Å². The van der Waals surface area contributed by atoms with Gasteiger partial charge in [-0.1, -0.05) is 191 Å². The van der Waals surface area contributed by atoms with Crippen molar-refractivity contribution in [3.05, 3.63) is 230 Å². The normalized spacial score (nSPS) is 12.0. The molecule has 13 rings (SSSR count). The van der Waals surface area contributed by atoms with Crippen molar-refractivity contribution in [3.63, 3.8) is 0 Å². The Morgan fingerprint density at radius 3 is 1.13 bits per heavy atom. The minimum atomic E-state index is -0.0815. The zero-order chi connectivity index (χ0) is 47.3. The summed E-state index contributed by atoms with van der Waals surface area (Å²) < 4.78 is 6.94. The van der Waals surface area contributed by atoms with Gasteiger partial charge in [0.25, 0.3) is 0 Å². The highest BCUT2D eigenvalue weighted by molar-refractivity contribution is 6.16. The molecule has 0 saturated carbocycles. The largest absolute Gasteiger partial charge is 0.395 e. The van der Waals surface area contributed by atoms with E-state index >= 15 is 0 Å². The van der Waals surface area contributed by atoms with Crippen LogP contribution >= 0.6 is 0 Å². The fraction of sp³-hybridized carbons (Fsp3) is 0.0615. The van der Waals surface area contributed by atoms with Crippen molar-refractivity contribution in [1.29, 1.82) is 5.26 Å². The molecule has 3 heterocycles. The summed E-state index contributed by atoms with van der Waals surface area (Å²) in [6.07, 6.45) is 0. The molecule has 13 aromatic rings. The number of benzene rings is 10. The predicted molar refractivity (Wildman–Crippen MR) is 294 cm³/mol. The molecule has 0 radical (unpaired) electrons. The molecule has 5 nitrogen and oxygen atoms in total. The molecule has 0 saturated heterocycles. The highest BCUT2D eigenvalue weighted by Gasteiger charge is 2.32. The van der Waals surface area contributed by atoms with Crippen LogP contribution in [-0.2, 0) is 5.41 Å². The van der Waals surface area contributed by atoms with E-state index in [9.17, 15) is 5.26 Å². The molecule has 5 heteroatoms. The van der Waals surface area contributed by atoms with Gasteiger partial charge in [0.2, 0.25) is 0 Å². The van der Waals surface area contributed by atoms with Gasteiger partial charge in [-0.15, -0.1) is 0 Å². The van der Waals surface area contributed by atoms with Crippen LogP contribution in [0.1, 0.15) is 31.9 Å². The third kappa shape index (κ3) is 6.17. The zero-order valence-electron chi connectivity index (χ0n) is 39.2. The molecular weight excluding hydrogens is 851 g/mol. The van der Waals surface area contributed by atoms with Gasteiger partial charge in [-0.2, -0.15) is 5.26 Å². The number of rotatable bonds is 6. The first-order valence-electron chi connectivity index (χ1n) is 24.0. The van der Waals surface area contributed by atoms with E-state index in [1.807, 2.05) is 0 Å². The van der Waals surface area contributed by atoms with Gasteiger partial charge in [-0.05, 0) is 87.3 Å². The molecule has 10 aromatic carbocycles.